The lowest BCUT2D eigenvalue weighted by Crippen LogP contribution is -2.28. The SMILES string of the molecule is COc1ccc(C)cc1N1C[C@H](C(=O)OCC(=O)Nc2ccc3c(c2)CCC3)CC1=O. The van der Waals surface area contributed by atoms with E-state index in [2.05, 4.69) is 5.32 Å². The van der Waals surface area contributed by atoms with Gasteiger partial charge in [-0.05, 0) is 67.1 Å². The summed E-state index contributed by atoms with van der Waals surface area (Å²) in [6.07, 6.45) is 3.27. The Bertz CT molecular complexity index is 1030. The molecule has 1 N–H and O–H groups in total. The van der Waals surface area contributed by atoms with Gasteiger partial charge in [0.2, 0.25) is 5.91 Å². The van der Waals surface area contributed by atoms with Crippen molar-refractivity contribution in [2.75, 3.05) is 30.5 Å². The molecule has 1 fully saturated rings. The molecule has 2 aromatic rings. The fraction of sp³-hybridized carbons (Fsp3) is 0.375. The van der Waals surface area contributed by atoms with E-state index in [4.69, 9.17) is 9.47 Å². The lowest BCUT2D eigenvalue weighted by Gasteiger charge is -2.20. The van der Waals surface area contributed by atoms with E-state index in [1.54, 1.807) is 18.1 Å². The quantitative estimate of drug-likeness (QED) is 0.724. The minimum Gasteiger partial charge on any atom is -0.495 e. The molecule has 0 saturated carbocycles. The first kappa shape index (κ1) is 20.9. The fourth-order valence-corrected chi connectivity index (χ4v) is 4.21. The van der Waals surface area contributed by atoms with Gasteiger partial charge in [-0.25, -0.2) is 0 Å². The summed E-state index contributed by atoms with van der Waals surface area (Å²) < 4.78 is 10.6. The number of fused-ring (bicyclic) bond motifs is 1. The van der Waals surface area contributed by atoms with E-state index in [0.717, 1.165) is 24.8 Å². The molecule has 2 aromatic carbocycles. The van der Waals surface area contributed by atoms with Crippen LogP contribution in [0.15, 0.2) is 36.4 Å². The van der Waals surface area contributed by atoms with Crippen molar-refractivity contribution >= 4 is 29.2 Å². The van der Waals surface area contributed by atoms with Crippen LogP contribution in [0, 0.1) is 12.8 Å². The number of carbonyl (C=O) groups excluding carboxylic acids is 3. The van der Waals surface area contributed by atoms with Crippen LogP contribution in [0.25, 0.3) is 0 Å². The van der Waals surface area contributed by atoms with Gasteiger partial charge >= 0.3 is 5.97 Å². The molecule has 2 amide bonds. The molecule has 4 rings (SSSR count). The Kier molecular flexibility index (Phi) is 5.93. The van der Waals surface area contributed by atoms with Crippen molar-refractivity contribution in [3.8, 4) is 5.75 Å². The number of nitrogens with zero attached hydrogens (tertiary/aromatic N) is 1. The average molecular weight is 422 g/mol. The number of carbonyl (C=O) groups is 3. The summed E-state index contributed by atoms with van der Waals surface area (Å²) in [5.41, 5.74) is 4.90. The average Bonchev–Trinajstić information content (AvgIpc) is 3.38. The first-order valence-electron chi connectivity index (χ1n) is 10.5. The van der Waals surface area contributed by atoms with Crippen molar-refractivity contribution in [3.05, 3.63) is 53.1 Å². The predicted molar refractivity (Wildman–Crippen MR) is 116 cm³/mol. The van der Waals surface area contributed by atoms with Crippen LogP contribution in [-0.2, 0) is 32.0 Å². The van der Waals surface area contributed by atoms with E-state index in [1.807, 2.05) is 37.3 Å². The predicted octanol–water partition coefficient (Wildman–Crippen LogP) is 3.03. The monoisotopic (exact) mass is 422 g/mol. The summed E-state index contributed by atoms with van der Waals surface area (Å²) in [6, 6.07) is 11.4. The molecule has 162 valence electrons. The Morgan fingerprint density at radius 3 is 2.74 bits per heavy atom. The molecule has 1 atom stereocenters. The van der Waals surface area contributed by atoms with E-state index in [-0.39, 0.29) is 25.5 Å². The minimum absolute atomic E-state index is 0.0440. The summed E-state index contributed by atoms with van der Waals surface area (Å²) >= 11 is 0. The van der Waals surface area contributed by atoms with Crippen molar-refractivity contribution in [1.29, 1.82) is 0 Å². The number of hydrogen-bond donors (Lipinski definition) is 1. The number of esters is 1. The molecule has 0 aromatic heterocycles. The molecular weight excluding hydrogens is 396 g/mol. The third-order valence-electron chi connectivity index (χ3n) is 5.81. The summed E-state index contributed by atoms with van der Waals surface area (Å²) in [5, 5.41) is 2.77. The Morgan fingerprint density at radius 2 is 1.94 bits per heavy atom. The van der Waals surface area contributed by atoms with Crippen molar-refractivity contribution in [2.45, 2.75) is 32.6 Å². The first-order valence-corrected chi connectivity index (χ1v) is 10.5. The van der Waals surface area contributed by atoms with Crippen molar-refractivity contribution in [1.82, 2.24) is 0 Å². The van der Waals surface area contributed by atoms with Gasteiger partial charge in [-0.3, -0.25) is 14.4 Å². The minimum atomic E-state index is -0.620. The largest absolute Gasteiger partial charge is 0.495 e. The van der Waals surface area contributed by atoms with Crippen molar-refractivity contribution in [2.24, 2.45) is 5.92 Å². The van der Waals surface area contributed by atoms with E-state index >= 15 is 0 Å². The van der Waals surface area contributed by atoms with E-state index in [9.17, 15) is 14.4 Å². The van der Waals surface area contributed by atoms with Gasteiger partial charge in [-0.1, -0.05) is 12.1 Å². The van der Waals surface area contributed by atoms with Crippen LogP contribution in [0.3, 0.4) is 0 Å². The third-order valence-corrected chi connectivity index (χ3v) is 5.81. The Labute approximate surface area is 181 Å². The fourth-order valence-electron chi connectivity index (χ4n) is 4.21. The zero-order chi connectivity index (χ0) is 22.0. The molecule has 0 bridgehead atoms. The zero-order valence-electron chi connectivity index (χ0n) is 17.8. The number of nitrogens with one attached hydrogen (secondary N) is 1. The van der Waals surface area contributed by atoms with Gasteiger partial charge < -0.3 is 19.7 Å². The maximum atomic E-state index is 12.5. The molecule has 1 aliphatic heterocycles. The molecular formula is C24H26N2O5. The standard InChI is InChI=1S/C24H26N2O5/c1-15-6-9-21(30-2)20(10-15)26-13-18(12-23(26)28)24(29)31-14-22(27)25-19-8-7-16-4-3-5-17(16)11-19/h6-11,18H,3-5,12-14H2,1-2H3,(H,25,27)/t18-/m1/s1. The molecule has 1 saturated heterocycles. The van der Waals surface area contributed by atoms with Crippen LogP contribution in [-0.4, -0.2) is 38.0 Å². The second-order valence-corrected chi connectivity index (χ2v) is 8.07. The lowest BCUT2D eigenvalue weighted by molar-refractivity contribution is -0.151. The van der Waals surface area contributed by atoms with Gasteiger partial charge in [-0.15, -0.1) is 0 Å². The summed E-state index contributed by atoms with van der Waals surface area (Å²) in [5.74, 6) is -1.17. The molecule has 2 aliphatic rings. The van der Waals surface area contributed by atoms with Crippen molar-refractivity contribution < 1.29 is 23.9 Å². The second-order valence-electron chi connectivity index (χ2n) is 8.07. The number of benzene rings is 2. The summed E-state index contributed by atoms with van der Waals surface area (Å²) in [6.45, 7) is 1.74. The zero-order valence-corrected chi connectivity index (χ0v) is 17.8. The maximum Gasteiger partial charge on any atom is 0.311 e. The molecule has 31 heavy (non-hydrogen) atoms. The van der Waals surface area contributed by atoms with Crippen LogP contribution >= 0.6 is 0 Å². The maximum absolute atomic E-state index is 12.5. The Morgan fingerprint density at radius 1 is 1.13 bits per heavy atom. The normalized spacial score (nSPS) is 17.4. The van der Waals surface area contributed by atoms with Gasteiger partial charge in [0.15, 0.2) is 6.61 Å². The molecule has 1 heterocycles. The topological polar surface area (TPSA) is 84.9 Å². The highest BCUT2D eigenvalue weighted by Crippen LogP contribution is 2.34. The van der Waals surface area contributed by atoms with E-state index < -0.39 is 17.8 Å². The highest BCUT2D eigenvalue weighted by atomic mass is 16.5. The number of methoxy groups -OCH3 is 1. The van der Waals surface area contributed by atoms with Gasteiger partial charge in [-0.2, -0.15) is 0 Å². The molecule has 1 aliphatic carbocycles. The number of anilines is 2. The molecule has 7 nitrogen and oxygen atoms in total. The second kappa shape index (κ2) is 8.79. The van der Waals surface area contributed by atoms with Crippen LogP contribution in [0.1, 0.15) is 29.5 Å². The van der Waals surface area contributed by atoms with Gasteiger partial charge in [0, 0.05) is 18.7 Å². The van der Waals surface area contributed by atoms with Gasteiger partial charge in [0.25, 0.3) is 5.91 Å². The van der Waals surface area contributed by atoms with Crippen LogP contribution in [0.2, 0.25) is 0 Å². The van der Waals surface area contributed by atoms with E-state index in [0.29, 0.717) is 17.1 Å². The Hall–Kier alpha value is -3.35. The molecule has 0 spiro atoms. The van der Waals surface area contributed by atoms with Crippen LogP contribution in [0.5, 0.6) is 5.75 Å². The van der Waals surface area contributed by atoms with Gasteiger partial charge in [0.05, 0.1) is 18.7 Å². The molecule has 7 heteroatoms. The van der Waals surface area contributed by atoms with Crippen molar-refractivity contribution in [3.63, 3.8) is 0 Å². The number of rotatable bonds is 6. The third kappa shape index (κ3) is 4.55. The number of amides is 2. The number of aryl methyl sites for hydroxylation is 3. The summed E-state index contributed by atoms with van der Waals surface area (Å²) in [7, 11) is 1.54. The van der Waals surface area contributed by atoms with Crippen LogP contribution in [0.4, 0.5) is 11.4 Å². The highest BCUT2D eigenvalue weighted by molar-refractivity contribution is 6.01. The highest BCUT2D eigenvalue weighted by Gasteiger charge is 2.37. The van der Waals surface area contributed by atoms with E-state index in [1.165, 1.54) is 11.1 Å². The lowest BCUT2D eigenvalue weighted by atomic mass is 10.1. The smallest absolute Gasteiger partial charge is 0.311 e. The van der Waals surface area contributed by atoms with Gasteiger partial charge in [0.1, 0.15) is 5.75 Å². The molecule has 0 radical (unpaired) electrons. The first-order chi connectivity index (χ1) is 14.9. The summed E-state index contributed by atoms with van der Waals surface area (Å²) in [4.78, 5) is 38.8. The van der Waals surface area contributed by atoms with Crippen LogP contribution < -0.4 is 15.0 Å². The number of ether oxygens (including phenoxy) is 2. The molecule has 0 unspecified atom stereocenters. The Balaban J connectivity index is 1.32. The number of hydrogen-bond acceptors (Lipinski definition) is 5.